The third-order valence-electron chi connectivity index (χ3n) is 15.9. The molecule has 0 bridgehead atoms. The van der Waals surface area contributed by atoms with Crippen molar-refractivity contribution >= 4 is 11.9 Å². The number of ether oxygens (including phenoxy) is 4. The van der Waals surface area contributed by atoms with Gasteiger partial charge < -0.3 is 44.5 Å². The SMILES string of the molecule is Cc1c(Cc2ccc(O)c(C(C)(C)C)c2)c(C)c(Cc2ccc(O)c(C(C)(C)C)c2)c(C(COC(=O)CCc2ccc(O)c(C(C)(C)C)c2)OCCOCCOC(=O)CCc2ccc(O)c(C(C)(C)C)c2)c1Cc1ccc(O)c(C(C)(C)C)c1. The average Bonchev–Trinajstić information content (AvgIpc) is 1.14. The maximum absolute atomic E-state index is 14.1. The van der Waals surface area contributed by atoms with Gasteiger partial charge in [0, 0.05) is 12.8 Å². The van der Waals surface area contributed by atoms with E-state index in [0.717, 1.165) is 89.0 Å². The molecule has 84 heavy (non-hydrogen) atoms. The van der Waals surface area contributed by atoms with E-state index in [1.54, 1.807) is 30.3 Å². The molecule has 5 N–H and O–H groups in total. The van der Waals surface area contributed by atoms with Crippen molar-refractivity contribution in [3.05, 3.63) is 180 Å². The Kier molecular flexibility index (Phi) is 21.4. The Labute approximate surface area is 501 Å². The molecule has 0 amide bonds. The highest BCUT2D eigenvalue weighted by Crippen LogP contribution is 2.42. The molecule has 0 saturated heterocycles. The second kappa shape index (κ2) is 27.0. The molecule has 6 aromatic rings. The van der Waals surface area contributed by atoms with Gasteiger partial charge in [0.2, 0.25) is 0 Å². The first kappa shape index (κ1) is 66.3. The first-order chi connectivity index (χ1) is 39.0. The minimum Gasteiger partial charge on any atom is -0.508 e. The lowest BCUT2D eigenvalue weighted by molar-refractivity contribution is -0.149. The van der Waals surface area contributed by atoms with Crippen molar-refractivity contribution in [2.75, 3.05) is 33.0 Å². The predicted octanol–water partition coefficient (Wildman–Crippen LogP) is 15.5. The van der Waals surface area contributed by atoms with Gasteiger partial charge in [-0.05, 0) is 192 Å². The van der Waals surface area contributed by atoms with E-state index in [2.05, 4.69) is 94.4 Å². The molecule has 1 unspecified atom stereocenters. The van der Waals surface area contributed by atoms with Gasteiger partial charge in [-0.15, -0.1) is 0 Å². The summed E-state index contributed by atoms with van der Waals surface area (Å²) >= 11 is 0. The number of aromatic hydroxyl groups is 5. The van der Waals surface area contributed by atoms with Gasteiger partial charge in [0.1, 0.15) is 48.1 Å². The molecular formula is C73H96O11. The molecule has 6 aromatic carbocycles. The molecule has 0 aromatic heterocycles. The number of phenols is 5. The third kappa shape index (κ3) is 17.6. The molecule has 1 atom stereocenters. The summed E-state index contributed by atoms with van der Waals surface area (Å²) in [6.45, 7) is 35.5. The normalized spacial score (nSPS) is 12.8. The number of hydrogen-bond donors (Lipinski definition) is 5. The Morgan fingerprint density at radius 1 is 0.393 bits per heavy atom. The third-order valence-corrected chi connectivity index (χ3v) is 15.9. The second-order valence-corrected chi connectivity index (χ2v) is 28.0. The molecule has 0 aliphatic carbocycles. The molecule has 454 valence electrons. The molecule has 0 saturated carbocycles. The quantitative estimate of drug-likeness (QED) is 0.0324. The summed E-state index contributed by atoms with van der Waals surface area (Å²) in [5, 5.41) is 54.7. The number of hydrogen-bond acceptors (Lipinski definition) is 11. The van der Waals surface area contributed by atoms with Gasteiger partial charge in [-0.3, -0.25) is 9.59 Å². The van der Waals surface area contributed by atoms with E-state index in [9.17, 15) is 35.1 Å². The Balaban J connectivity index is 1.42. The van der Waals surface area contributed by atoms with Crippen molar-refractivity contribution in [1.29, 1.82) is 0 Å². The summed E-state index contributed by atoms with van der Waals surface area (Å²) in [5.74, 6) is 0.339. The van der Waals surface area contributed by atoms with E-state index in [1.165, 1.54) is 0 Å². The van der Waals surface area contributed by atoms with E-state index in [4.69, 9.17) is 18.9 Å². The number of phenolic OH excluding ortho intramolecular Hbond substituents is 5. The number of rotatable bonds is 22. The van der Waals surface area contributed by atoms with Gasteiger partial charge in [-0.25, -0.2) is 0 Å². The van der Waals surface area contributed by atoms with Crippen molar-refractivity contribution < 1.29 is 54.1 Å². The Bertz CT molecular complexity index is 3180. The van der Waals surface area contributed by atoms with E-state index in [0.29, 0.717) is 32.1 Å². The van der Waals surface area contributed by atoms with Crippen LogP contribution in [0.2, 0.25) is 0 Å². The maximum atomic E-state index is 14.1. The Morgan fingerprint density at radius 2 is 0.690 bits per heavy atom. The summed E-state index contributed by atoms with van der Waals surface area (Å²) in [4.78, 5) is 27.0. The molecule has 6 rings (SSSR count). The van der Waals surface area contributed by atoms with Crippen LogP contribution < -0.4 is 0 Å². The standard InChI is InChI=1S/C73H96O11/c1-45-52(36-49-20-27-62(76)57(41-49)71(9,10)11)46(2)54(38-51-22-29-64(78)59(43-51)73(15,16)17)68(53(45)37-50-21-28-63(77)58(42-50)72(12,13)14)65(44-84-67(80)31-24-48-19-26-61(75)56(40-48)70(6,7)8)82-34-32-81-33-35-83-66(79)30-23-47-18-25-60(74)55(39-47)69(3,4)5/h18-22,25-29,39-43,65,74-78H,23-24,30-38,44H2,1-17H3. The van der Waals surface area contributed by atoms with E-state index < -0.39 is 12.1 Å². The van der Waals surface area contributed by atoms with Gasteiger partial charge in [-0.2, -0.15) is 0 Å². The van der Waals surface area contributed by atoms with Crippen molar-refractivity contribution in [2.24, 2.45) is 0 Å². The molecule has 0 spiro atoms. The van der Waals surface area contributed by atoms with Crippen molar-refractivity contribution in [3.63, 3.8) is 0 Å². The van der Waals surface area contributed by atoms with Gasteiger partial charge in [0.05, 0.1) is 19.8 Å². The molecule has 0 heterocycles. The number of benzene rings is 6. The van der Waals surface area contributed by atoms with Crippen LogP contribution in [-0.2, 0) is 87.7 Å². The van der Waals surface area contributed by atoms with Gasteiger partial charge in [0.25, 0.3) is 0 Å². The van der Waals surface area contributed by atoms with Gasteiger partial charge in [0.15, 0.2) is 0 Å². The number of aryl methyl sites for hydroxylation is 2. The van der Waals surface area contributed by atoms with Crippen LogP contribution >= 0.6 is 0 Å². The van der Waals surface area contributed by atoms with Crippen LogP contribution in [0.4, 0.5) is 0 Å². The Hall–Kier alpha value is -6.82. The zero-order chi connectivity index (χ0) is 62.3. The Morgan fingerprint density at radius 3 is 1.04 bits per heavy atom. The molecular weight excluding hydrogens is 1050 g/mol. The molecule has 0 fully saturated rings. The van der Waals surface area contributed by atoms with Crippen LogP contribution in [0.5, 0.6) is 28.7 Å². The first-order valence-corrected chi connectivity index (χ1v) is 29.8. The fraction of sp³-hybridized carbons (Fsp3) is 0.479. The predicted molar refractivity (Wildman–Crippen MR) is 336 cm³/mol. The summed E-state index contributed by atoms with van der Waals surface area (Å²) in [6.07, 6.45) is 1.73. The molecule has 11 nitrogen and oxygen atoms in total. The minimum absolute atomic E-state index is 0.0414. The maximum Gasteiger partial charge on any atom is 0.306 e. The van der Waals surface area contributed by atoms with E-state index in [1.807, 2.05) is 84.0 Å². The van der Waals surface area contributed by atoms with Crippen LogP contribution in [0.1, 0.15) is 212 Å². The van der Waals surface area contributed by atoms with E-state index >= 15 is 0 Å². The smallest absolute Gasteiger partial charge is 0.306 e. The summed E-state index contributed by atoms with van der Waals surface area (Å²) in [5.41, 5.74) is 13.3. The van der Waals surface area contributed by atoms with Gasteiger partial charge in [-0.1, -0.05) is 165 Å². The molecule has 0 aliphatic heterocycles. The van der Waals surface area contributed by atoms with Crippen molar-refractivity contribution in [1.82, 2.24) is 0 Å². The lowest BCUT2D eigenvalue weighted by Crippen LogP contribution is -2.23. The molecule has 0 aliphatic rings. The monoisotopic (exact) mass is 1150 g/mol. The fourth-order valence-corrected chi connectivity index (χ4v) is 11.1. The number of carbonyl (C=O) groups is 2. The van der Waals surface area contributed by atoms with Crippen molar-refractivity contribution in [2.45, 2.75) is 196 Å². The van der Waals surface area contributed by atoms with Crippen molar-refractivity contribution in [3.8, 4) is 28.7 Å². The topological polar surface area (TPSA) is 172 Å². The summed E-state index contributed by atoms with van der Waals surface area (Å²) < 4.78 is 25.0. The lowest BCUT2D eigenvalue weighted by atomic mass is 9.78. The minimum atomic E-state index is -0.814. The second-order valence-electron chi connectivity index (χ2n) is 28.0. The summed E-state index contributed by atoms with van der Waals surface area (Å²) in [6, 6.07) is 28.3. The molecule has 11 heteroatoms. The zero-order valence-electron chi connectivity index (χ0n) is 53.4. The highest BCUT2D eigenvalue weighted by atomic mass is 16.6. The van der Waals surface area contributed by atoms with Crippen LogP contribution in [-0.4, -0.2) is 70.5 Å². The highest BCUT2D eigenvalue weighted by Gasteiger charge is 2.31. The van der Waals surface area contributed by atoms with Gasteiger partial charge >= 0.3 is 11.9 Å². The summed E-state index contributed by atoms with van der Waals surface area (Å²) in [7, 11) is 0. The van der Waals surface area contributed by atoms with Crippen LogP contribution in [0.3, 0.4) is 0 Å². The fourth-order valence-electron chi connectivity index (χ4n) is 11.1. The first-order valence-electron chi connectivity index (χ1n) is 29.8. The largest absolute Gasteiger partial charge is 0.508 e. The van der Waals surface area contributed by atoms with E-state index in [-0.39, 0.29) is 108 Å². The van der Waals surface area contributed by atoms with Crippen LogP contribution in [0.25, 0.3) is 0 Å². The molecule has 0 radical (unpaired) electrons. The highest BCUT2D eigenvalue weighted by molar-refractivity contribution is 5.70. The van der Waals surface area contributed by atoms with Crippen LogP contribution in [0, 0.1) is 13.8 Å². The lowest BCUT2D eigenvalue weighted by Gasteiger charge is -2.30. The number of carbonyl (C=O) groups excluding carboxylic acids is 2. The number of esters is 2. The average molecular weight is 1150 g/mol. The zero-order valence-corrected chi connectivity index (χ0v) is 53.4. The van der Waals surface area contributed by atoms with Crippen LogP contribution in [0.15, 0.2) is 91.0 Å².